The maximum Gasteiger partial charge on any atom is 0.338 e. The summed E-state index contributed by atoms with van der Waals surface area (Å²) in [6.07, 6.45) is 0.975. The highest BCUT2D eigenvalue weighted by Crippen LogP contribution is 2.13. The van der Waals surface area contributed by atoms with Crippen LogP contribution in [0.4, 0.5) is 5.69 Å². The van der Waals surface area contributed by atoms with Gasteiger partial charge in [0.05, 0.1) is 12.2 Å². The number of carbonyl (C=O) groups excluding carboxylic acids is 2. The van der Waals surface area contributed by atoms with E-state index in [-0.39, 0.29) is 17.4 Å². The normalized spacial score (nSPS) is 11.0. The van der Waals surface area contributed by atoms with E-state index in [0.717, 1.165) is 0 Å². The highest BCUT2D eigenvalue weighted by Gasteiger charge is 2.13. The number of benzene rings is 1. The Morgan fingerprint density at radius 1 is 1.25 bits per heavy atom. The minimum atomic E-state index is -0.366. The second kappa shape index (κ2) is 7.05. The van der Waals surface area contributed by atoms with Crippen LogP contribution < -0.4 is 11.1 Å². The van der Waals surface area contributed by atoms with E-state index in [9.17, 15) is 9.59 Å². The van der Waals surface area contributed by atoms with Gasteiger partial charge in [-0.15, -0.1) is 0 Å². The molecule has 0 unspecified atom stereocenters. The van der Waals surface area contributed by atoms with Gasteiger partial charge in [0.15, 0.2) is 0 Å². The number of hydrogen-bond acceptors (Lipinski definition) is 4. The van der Waals surface area contributed by atoms with E-state index in [1.54, 1.807) is 31.2 Å². The first kappa shape index (κ1) is 16.2. The Labute approximate surface area is 119 Å². The summed E-state index contributed by atoms with van der Waals surface area (Å²) in [6, 6.07) is 6.61. The van der Waals surface area contributed by atoms with Crippen LogP contribution in [0.5, 0.6) is 0 Å². The Hall–Kier alpha value is -1.88. The summed E-state index contributed by atoms with van der Waals surface area (Å²) >= 11 is 0. The fourth-order valence-electron chi connectivity index (χ4n) is 1.56. The summed E-state index contributed by atoms with van der Waals surface area (Å²) in [4.78, 5) is 23.2. The largest absolute Gasteiger partial charge is 0.462 e. The molecule has 0 saturated carbocycles. The van der Waals surface area contributed by atoms with Gasteiger partial charge in [0.25, 0.3) is 0 Å². The summed E-state index contributed by atoms with van der Waals surface area (Å²) < 4.78 is 4.88. The fourth-order valence-corrected chi connectivity index (χ4v) is 1.56. The Bertz CT molecular complexity index is 461. The maximum absolute atomic E-state index is 11.7. The third kappa shape index (κ3) is 5.84. The van der Waals surface area contributed by atoms with Crippen molar-refractivity contribution in [2.45, 2.75) is 39.2 Å². The van der Waals surface area contributed by atoms with Crippen LogP contribution in [0.2, 0.25) is 0 Å². The van der Waals surface area contributed by atoms with Crippen molar-refractivity contribution in [3.63, 3.8) is 0 Å². The van der Waals surface area contributed by atoms with Crippen LogP contribution in [0.3, 0.4) is 0 Å². The summed E-state index contributed by atoms with van der Waals surface area (Å²) in [5.74, 6) is -0.456. The average molecular weight is 278 g/mol. The van der Waals surface area contributed by atoms with E-state index >= 15 is 0 Å². The molecule has 0 spiro atoms. The molecule has 110 valence electrons. The number of nitrogens with two attached hydrogens (primary N) is 1. The van der Waals surface area contributed by atoms with Gasteiger partial charge in [-0.2, -0.15) is 0 Å². The highest BCUT2D eigenvalue weighted by molar-refractivity contribution is 5.93. The van der Waals surface area contributed by atoms with Crippen LogP contribution in [0.15, 0.2) is 24.3 Å². The minimum absolute atomic E-state index is 0.0904. The smallest absolute Gasteiger partial charge is 0.338 e. The third-order valence-corrected chi connectivity index (χ3v) is 2.68. The SMILES string of the molecule is CCOC(=O)c1ccc(NC(=O)CCC(C)(C)N)cc1. The summed E-state index contributed by atoms with van der Waals surface area (Å²) in [5.41, 5.74) is 6.59. The topological polar surface area (TPSA) is 81.4 Å². The number of hydrogen-bond donors (Lipinski definition) is 2. The van der Waals surface area contributed by atoms with Crippen molar-refractivity contribution in [2.75, 3.05) is 11.9 Å². The van der Waals surface area contributed by atoms with Crippen molar-refractivity contribution < 1.29 is 14.3 Å². The predicted molar refractivity (Wildman–Crippen MR) is 78.5 cm³/mol. The van der Waals surface area contributed by atoms with E-state index in [2.05, 4.69) is 5.32 Å². The lowest BCUT2D eigenvalue weighted by atomic mass is 10.00. The summed E-state index contributed by atoms with van der Waals surface area (Å²) in [5, 5.41) is 2.77. The number of rotatable bonds is 6. The first-order chi connectivity index (χ1) is 9.31. The molecule has 1 aromatic rings. The van der Waals surface area contributed by atoms with E-state index in [0.29, 0.717) is 30.7 Å². The van der Waals surface area contributed by atoms with Crippen molar-refractivity contribution in [3.8, 4) is 0 Å². The van der Waals surface area contributed by atoms with Crippen molar-refractivity contribution in [1.29, 1.82) is 0 Å². The molecule has 3 N–H and O–H groups in total. The molecule has 5 heteroatoms. The van der Waals surface area contributed by atoms with Crippen LogP contribution in [0, 0.1) is 0 Å². The molecule has 0 bridgehead atoms. The molecule has 1 aromatic carbocycles. The molecular formula is C15H22N2O3. The number of anilines is 1. The third-order valence-electron chi connectivity index (χ3n) is 2.68. The molecule has 5 nitrogen and oxygen atoms in total. The van der Waals surface area contributed by atoms with Gasteiger partial charge in [-0.3, -0.25) is 4.79 Å². The standard InChI is InChI=1S/C15H22N2O3/c1-4-20-14(19)11-5-7-12(8-6-11)17-13(18)9-10-15(2,3)16/h5-8H,4,9-10,16H2,1-3H3,(H,17,18). The van der Waals surface area contributed by atoms with Gasteiger partial charge < -0.3 is 15.8 Å². The van der Waals surface area contributed by atoms with Gasteiger partial charge in [-0.25, -0.2) is 4.79 Å². The first-order valence-corrected chi connectivity index (χ1v) is 6.68. The minimum Gasteiger partial charge on any atom is -0.462 e. The summed E-state index contributed by atoms with van der Waals surface area (Å²) in [7, 11) is 0. The molecule has 1 amide bonds. The van der Waals surface area contributed by atoms with Crippen molar-refractivity contribution in [2.24, 2.45) is 5.73 Å². The number of nitrogens with one attached hydrogen (secondary N) is 1. The van der Waals surface area contributed by atoms with Crippen molar-refractivity contribution >= 4 is 17.6 Å². The Kier molecular flexibility index (Phi) is 5.70. The number of amides is 1. The van der Waals surface area contributed by atoms with Crippen LogP contribution in [-0.4, -0.2) is 24.0 Å². The molecule has 0 aliphatic rings. The molecule has 0 heterocycles. The molecule has 0 fully saturated rings. The zero-order valence-corrected chi connectivity index (χ0v) is 12.2. The monoisotopic (exact) mass is 278 g/mol. The molecule has 1 rings (SSSR count). The Morgan fingerprint density at radius 2 is 1.85 bits per heavy atom. The quantitative estimate of drug-likeness (QED) is 0.782. The molecular weight excluding hydrogens is 256 g/mol. The predicted octanol–water partition coefficient (Wildman–Crippen LogP) is 2.32. The first-order valence-electron chi connectivity index (χ1n) is 6.68. The average Bonchev–Trinajstić information content (AvgIpc) is 2.37. The van der Waals surface area contributed by atoms with E-state index in [1.807, 2.05) is 13.8 Å². The number of ether oxygens (including phenoxy) is 1. The molecule has 0 radical (unpaired) electrons. The second-order valence-corrected chi connectivity index (χ2v) is 5.33. The van der Waals surface area contributed by atoms with Gasteiger partial charge in [0.2, 0.25) is 5.91 Å². The lowest BCUT2D eigenvalue weighted by molar-refractivity contribution is -0.116. The fraction of sp³-hybridized carbons (Fsp3) is 0.467. The zero-order chi connectivity index (χ0) is 15.2. The molecule has 0 aliphatic carbocycles. The van der Waals surface area contributed by atoms with Crippen molar-refractivity contribution in [1.82, 2.24) is 0 Å². The second-order valence-electron chi connectivity index (χ2n) is 5.33. The van der Waals surface area contributed by atoms with Gasteiger partial charge in [0, 0.05) is 17.6 Å². The lowest BCUT2D eigenvalue weighted by Gasteiger charge is -2.17. The van der Waals surface area contributed by atoms with Gasteiger partial charge in [0.1, 0.15) is 0 Å². The van der Waals surface area contributed by atoms with Crippen molar-refractivity contribution in [3.05, 3.63) is 29.8 Å². The molecule has 0 saturated heterocycles. The van der Waals surface area contributed by atoms with Crippen LogP contribution in [0.1, 0.15) is 44.0 Å². The Morgan fingerprint density at radius 3 is 2.35 bits per heavy atom. The van der Waals surface area contributed by atoms with Gasteiger partial charge in [-0.1, -0.05) is 0 Å². The van der Waals surface area contributed by atoms with E-state index in [4.69, 9.17) is 10.5 Å². The van der Waals surface area contributed by atoms with Gasteiger partial charge in [-0.05, 0) is 51.5 Å². The Balaban J connectivity index is 2.53. The molecule has 0 aromatic heterocycles. The van der Waals surface area contributed by atoms with E-state index < -0.39 is 0 Å². The number of carbonyl (C=O) groups is 2. The van der Waals surface area contributed by atoms with E-state index in [1.165, 1.54) is 0 Å². The highest BCUT2D eigenvalue weighted by atomic mass is 16.5. The molecule has 0 atom stereocenters. The number of esters is 1. The maximum atomic E-state index is 11.7. The molecule has 20 heavy (non-hydrogen) atoms. The molecule has 0 aliphatic heterocycles. The zero-order valence-electron chi connectivity index (χ0n) is 12.2. The lowest BCUT2D eigenvalue weighted by Crippen LogP contribution is -2.33. The van der Waals surface area contributed by atoms with Crippen LogP contribution >= 0.6 is 0 Å². The van der Waals surface area contributed by atoms with Crippen LogP contribution in [0.25, 0.3) is 0 Å². The van der Waals surface area contributed by atoms with Crippen LogP contribution in [-0.2, 0) is 9.53 Å². The summed E-state index contributed by atoms with van der Waals surface area (Å²) in [6.45, 7) is 5.86. The van der Waals surface area contributed by atoms with Gasteiger partial charge >= 0.3 is 5.97 Å².